The molecule has 3 atom stereocenters. The molecule has 3 aromatic heterocycles. The van der Waals surface area contributed by atoms with Crippen LogP contribution in [0.4, 0.5) is 0 Å². The molecule has 0 saturated carbocycles. The van der Waals surface area contributed by atoms with Crippen molar-refractivity contribution in [1.29, 1.82) is 0 Å². The van der Waals surface area contributed by atoms with Gasteiger partial charge in [-0.05, 0) is 6.42 Å². The topological polar surface area (TPSA) is 240 Å². The average Bonchev–Trinajstić information content (AvgIpc) is 3.60. The van der Waals surface area contributed by atoms with Crippen molar-refractivity contribution in [1.82, 2.24) is 30.9 Å². The number of oxazole rings is 3. The van der Waals surface area contributed by atoms with Crippen molar-refractivity contribution in [2.75, 3.05) is 0 Å². The lowest BCUT2D eigenvalue weighted by Crippen LogP contribution is -2.32. The van der Waals surface area contributed by atoms with Crippen LogP contribution >= 0.6 is 0 Å². The monoisotopic (exact) mass is 516 g/mol. The predicted octanol–water partition coefficient (Wildman–Crippen LogP) is 0.737. The van der Waals surface area contributed by atoms with Crippen LogP contribution < -0.4 is 16.0 Å². The highest BCUT2D eigenvalue weighted by Crippen LogP contribution is 2.22. The van der Waals surface area contributed by atoms with Crippen molar-refractivity contribution in [2.45, 2.75) is 44.3 Å². The van der Waals surface area contributed by atoms with Gasteiger partial charge in [-0.2, -0.15) is 0 Å². The van der Waals surface area contributed by atoms with Crippen LogP contribution in [0.1, 0.15) is 93.4 Å². The van der Waals surface area contributed by atoms with Gasteiger partial charge in [0.15, 0.2) is 17.1 Å². The van der Waals surface area contributed by atoms with Gasteiger partial charge in [0.2, 0.25) is 17.7 Å². The second-order valence-electron chi connectivity index (χ2n) is 7.90. The van der Waals surface area contributed by atoms with Crippen molar-refractivity contribution in [3.8, 4) is 0 Å². The first kappa shape index (κ1) is 25.1. The third-order valence-electron chi connectivity index (χ3n) is 5.24. The molecule has 16 heteroatoms. The number of hydrogen-bond acceptors (Lipinski definition) is 11. The van der Waals surface area contributed by atoms with Gasteiger partial charge in [0.05, 0.1) is 12.8 Å². The molecule has 3 amide bonds. The number of fused-ring (bicyclic) bond motifs is 6. The van der Waals surface area contributed by atoms with Crippen molar-refractivity contribution in [3.63, 3.8) is 0 Å². The fraction of sp³-hybridized carbons (Fsp3) is 0.333. The summed E-state index contributed by atoms with van der Waals surface area (Å²) in [6.07, 6.45) is 1.94. The SMILES string of the molecule is CC[C@@H]1NC(=O)c2coc(n2)[C@H](CC(=O)O)NC(=O)c2coc(n2)[C@H](CC(=O)O)NC(=O)c2coc1n2. The van der Waals surface area contributed by atoms with Gasteiger partial charge < -0.3 is 39.4 Å². The van der Waals surface area contributed by atoms with Gasteiger partial charge in [-0.15, -0.1) is 0 Å². The van der Waals surface area contributed by atoms with Crippen LogP contribution in [0.2, 0.25) is 0 Å². The number of carboxylic acid groups (broad SMARTS) is 2. The van der Waals surface area contributed by atoms with Gasteiger partial charge in [0.25, 0.3) is 17.7 Å². The molecule has 0 radical (unpaired) electrons. The minimum absolute atomic E-state index is 0.00459. The van der Waals surface area contributed by atoms with E-state index in [1.165, 1.54) is 0 Å². The first-order valence-corrected chi connectivity index (χ1v) is 10.9. The standard InChI is InChI=1S/C21H20N6O10/c1-2-8-19-25-12(5-35-19)17(33)23-10(4-15(30)31)21-27-13(7-37-21)18(34)24-9(3-14(28)29)20-26-11(6-36-20)16(32)22-8/h5-10H,2-4H2,1H3,(H,22,32)(H,23,33)(H,24,34)(H,28,29)(H,30,31)/t8-,9-,10-/m0/s1. The zero-order valence-corrected chi connectivity index (χ0v) is 19.1. The molecule has 3 aromatic rings. The Labute approximate surface area is 206 Å². The number of aliphatic carboxylic acids is 2. The summed E-state index contributed by atoms with van der Waals surface area (Å²) in [4.78, 5) is 73.1. The second kappa shape index (κ2) is 10.3. The van der Waals surface area contributed by atoms with E-state index in [4.69, 9.17) is 13.3 Å². The number of carbonyl (C=O) groups excluding carboxylic acids is 3. The number of carbonyl (C=O) groups is 5. The highest BCUT2D eigenvalue weighted by atomic mass is 16.4. The molecule has 1 aliphatic heterocycles. The molecule has 16 nitrogen and oxygen atoms in total. The van der Waals surface area contributed by atoms with Crippen LogP contribution in [0, 0.1) is 0 Å². The van der Waals surface area contributed by atoms with Crippen LogP contribution in [0.15, 0.2) is 32.0 Å². The van der Waals surface area contributed by atoms with E-state index in [9.17, 15) is 34.2 Å². The highest BCUT2D eigenvalue weighted by Gasteiger charge is 2.30. The molecule has 4 heterocycles. The molecule has 0 unspecified atom stereocenters. The number of carboxylic acids is 2. The Kier molecular flexibility index (Phi) is 6.99. The zero-order chi connectivity index (χ0) is 26.7. The van der Waals surface area contributed by atoms with Crippen LogP contribution in [-0.4, -0.2) is 54.8 Å². The van der Waals surface area contributed by atoms with Gasteiger partial charge >= 0.3 is 11.9 Å². The molecule has 0 fully saturated rings. The Morgan fingerprint density at radius 2 is 1.03 bits per heavy atom. The zero-order valence-electron chi connectivity index (χ0n) is 19.1. The average molecular weight is 516 g/mol. The first-order chi connectivity index (χ1) is 17.6. The fourth-order valence-electron chi connectivity index (χ4n) is 3.44. The summed E-state index contributed by atoms with van der Waals surface area (Å²) in [5, 5.41) is 26.0. The molecular formula is C21H20N6O10. The van der Waals surface area contributed by atoms with Gasteiger partial charge in [0, 0.05) is 0 Å². The van der Waals surface area contributed by atoms with Gasteiger partial charge in [-0.1, -0.05) is 6.92 Å². The van der Waals surface area contributed by atoms with E-state index in [-0.39, 0.29) is 34.8 Å². The van der Waals surface area contributed by atoms with E-state index in [0.29, 0.717) is 6.42 Å². The number of nitrogens with zero attached hydrogens (tertiary/aromatic N) is 3. The second-order valence-corrected chi connectivity index (χ2v) is 7.90. The number of aromatic nitrogens is 3. The molecule has 6 bridgehead atoms. The number of amides is 3. The van der Waals surface area contributed by atoms with Gasteiger partial charge in [0.1, 0.15) is 36.9 Å². The summed E-state index contributed by atoms with van der Waals surface area (Å²) < 4.78 is 15.9. The maximum Gasteiger partial charge on any atom is 0.305 e. The summed E-state index contributed by atoms with van der Waals surface area (Å²) in [6.45, 7) is 1.72. The van der Waals surface area contributed by atoms with Crippen molar-refractivity contribution >= 4 is 29.7 Å². The summed E-state index contributed by atoms with van der Waals surface area (Å²) >= 11 is 0. The smallest absolute Gasteiger partial charge is 0.305 e. The van der Waals surface area contributed by atoms with Gasteiger partial charge in [-0.25, -0.2) is 15.0 Å². The van der Waals surface area contributed by atoms with Crippen LogP contribution in [0.3, 0.4) is 0 Å². The van der Waals surface area contributed by atoms with Gasteiger partial charge in [-0.3, -0.25) is 24.0 Å². The van der Waals surface area contributed by atoms with Crippen molar-refractivity contribution in [3.05, 3.63) is 53.5 Å². The molecule has 0 saturated heterocycles. The lowest BCUT2D eigenvalue weighted by Gasteiger charge is -2.14. The van der Waals surface area contributed by atoms with E-state index < -0.39 is 60.6 Å². The van der Waals surface area contributed by atoms with Crippen LogP contribution in [-0.2, 0) is 9.59 Å². The van der Waals surface area contributed by atoms with E-state index in [1.807, 2.05) is 0 Å². The molecule has 5 N–H and O–H groups in total. The molecule has 0 spiro atoms. The predicted molar refractivity (Wildman–Crippen MR) is 115 cm³/mol. The largest absolute Gasteiger partial charge is 0.481 e. The number of hydrogen-bond donors (Lipinski definition) is 5. The summed E-state index contributed by atoms with van der Waals surface area (Å²) in [5.74, 6) is -5.59. The minimum Gasteiger partial charge on any atom is -0.481 e. The van der Waals surface area contributed by atoms with Crippen LogP contribution in [0.5, 0.6) is 0 Å². The van der Waals surface area contributed by atoms with E-state index in [2.05, 4.69) is 30.9 Å². The third-order valence-corrected chi connectivity index (χ3v) is 5.24. The Bertz CT molecular complexity index is 1340. The minimum atomic E-state index is -1.30. The van der Waals surface area contributed by atoms with E-state index >= 15 is 0 Å². The van der Waals surface area contributed by atoms with Crippen molar-refractivity contribution in [2.24, 2.45) is 0 Å². The number of nitrogens with one attached hydrogen (secondary N) is 3. The molecular weight excluding hydrogens is 496 g/mol. The molecule has 37 heavy (non-hydrogen) atoms. The summed E-state index contributed by atoms with van der Waals surface area (Å²) in [7, 11) is 0. The normalized spacial score (nSPS) is 20.2. The third kappa shape index (κ3) is 5.63. The van der Waals surface area contributed by atoms with E-state index in [1.54, 1.807) is 6.92 Å². The Morgan fingerprint density at radius 3 is 1.35 bits per heavy atom. The van der Waals surface area contributed by atoms with Crippen LogP contribution in [0.25, 0.3) is 0 Å². The Balaban J connectivity index is 1.76. The maximum atomic E-state index is 12.8. The Morgan fingerprint density at radius 1 is 0.703 bits per heavy atom. The molecule has 1 aliphatic rings. The lowest BCUT2D eigenvalue weighted by atomic mass is 10.2. The molecule has 4 rings (SSSR count). The molecule has 194 valence electrons. The molecule has 0 aromatic carbocycles. The number of rotatable bonds is 5. The van der Waals surface area contributed by atoms with E-state index in [0.717, 1.165) is 18.8 Å². The highest BCUT2D eigenvalue weighted by molar-refractivity contribution is 5.94. The lowest BCUT2D eigenvalue weighted by molar-refractivity contribution is -0.138. The van der Waals surface area contributed by atoms with Crippen molar-refractivity contribution < 1.29 is 47.4 Å². The Hall–Kier alpha value is -5.02. The first-order valence-electron chi connectivity index (χ1n) is 10.9. The summed E-state index contributed by atoms with van der Waals surface area (Å²) in [6, 6.07) is -3.38. The molecule has 0 aliphatic carbocycles. The maximum absolute atomic E-state index is 12.8. The summed E-state index contributed by atoms with van der Waals surface area (Å²) in [5.41, 5.74) is -0.747. The fourth-order valence-corrected chi connectivity index (χ4v) is 3.44. The quantitative estimate of drug-likeness (QED) is 0.315.